The van der Waals surface area contributed by atoms with Crippen LogP contribution in [-0.4, -0.2) is 9.13 Å². The first-order chi connectivity index (χ1) is 39.2. The van der Waals surface area contributed by atoms with E-state index in [0.29, 0.717) is 0 Å². The zero-order valence-electron chi connectivity index (χ0n) is 43.3. The van der Waals surface area contributed by atoms with Crippen molar-refractivity contribution >= 4 is 71.4 Å². The van der Waals surface area contributed by atoms with Crippen molar-refractivity contribution in [2.75, 3.05) is 4.90 Å². The molecular weight excluding hydrogens is 955 g/mol. The van der Waals surface area contributed by atoms with Crippen molar-refractivity contribution in [3.8, 4) is 67.0 Å². The molecule has 3 nitrogen and oxygen atoms in total. The van der Waals surface area contributed by atoms with E-state index < -0.39 is 0 Å². The van der Waals surface area contributed by atoms with Gasteiger partial charge in [0.2, 0.25) is 0 Å². The van der Waals surface area contributed by atoms with E-state index in [-0.39, 0.29) is 0 Å². The Hall–Kier alpha value is -10.5. The summed E-state index contributed by atoms with van der Waals surface area (Å²) in [6.07, 6.45) is 0. The van der Waals surface area contributed by atoms with E-state index in [4.69, 9.17) is 0 Å². The molecule has 370 valence electrons. The molecule has 13 aromatic carbocycles. The van der Waals surface area contributed by atoms with Gasteiger partial charge in [0.1, 0.15) is 0 Å². The molecule has 15 aromatic rings. The second-order valence-electron chi connectivity index (χ2n) is 20.5. The SMILES string of the molecule is c1ccc(-c2ccc(-n3c4ccccc4c4cc(-c5cc(-c6ccc(N(c7ccccc7)c7cccc8ccccc78)cc6)cc(-c6ccc7c(c6)c6ccccc6n7-c6ccc(-c7ccccc7)cc6)c5)ccc43)cc2)cc1. The van der Waals surface area contributed by atoms with Gasteiger partial charge in [-0.05, 0) is 170 Å². The van der Waals surface area contributed by atoms with E-state index in [1.807, 2.05) is 0 Å². The number of benzene rings is 13. The van der Waals surface area contributed by atoms with Gasteiger partial charge in [-0.25, -0.2) is 0 Å². The maximum Gasteiger partial charge on any atom is 0.0541 e. The fourth-order valence-corrected chi connectivity index (χ4v) is 12.1. The molecule has 0 bridgehead atoms. The lowest BCUT2D eigenvalue weighted by Gasteiger charge is -2.27. The van der Waals surface area contributed by atoms with Crippen LogP contribution in [0.3, 0.4) is 0 Å². The molecule has 0 unspecified atom stereocenters. The lowest BCUT2D eigenvalue weighted by atomic mass is 9.92. The van der Waals surface area contributed by atoms with Crippen LogP contribution >= 0.6 is 0 Å². The van der Waals surface area contributed by atoms with Gasteiger partial charge in [0.05, 0.1) is 27.8 Å². The Morgan fingerprint density at radius 3 is 1.08 bits per heavy atom. The van der Waals surface area contributed by atoms with Crippen LogP contribution in [0.25, 0.3) is 121 Å². The molecule has 0 fully saturated rings. The second kappa shape index (κ2) is 19.3. The highest BCUT2D eigenvalue weighted by atomic mass is 15.1. The van der Waals surface area contributed by atoms with E-state index in [0.717, 1.165) is 61.8 Å². The van der Waals surface area contributed by atoms with Crippen molar-refractivity contribution in [2.45, 2.75) is 0 Å². The summed E-state index contributed by atoms with van der Waals surface area (Å²) in [4.78, 5) is 2.38. The maximum absolute atomic E-state index is 2.41. The Bertz CT molecular complexity index is 4500. The minimum absolute atomic E-state index is 1.09. The highest BCUT2D eigenvalue weighted by Gasteiger charge is 2.19. The summed E-state index contributed by atoms with van der Waals surface area (Å²) in [5, 5.41) is 7.31. The third kappa shape index (κ3) is 8.16. The fraction of sp³-hybridized carbons (Fsp3) is 0. The topological polar surface area (TPSA) is 13.1 Å². The maximum atomic E-state index is 2.41. The minimum Gasteiger partial charge on any atom is -0.310 e. The summed E-state index contributed by atoms with van der Waals surface area (Å²) in [6, 6.07) is 113. The van der Waals surface area contributed by atoms with Crippen LogP contribution in [0, 0.1) is 0 Å². The molecule has 0 spiro atoms. The van der Waals surface area contributed by atoms with E-state index in [2.05, 4.69) is 323 Å². The number of rotatable bonds is 10. The molecule has 79 heavy (non-hydrogen) atoms. The van der Waals surface area contributed by atoms with Crippen LogP contribution in [0.4, 0.5) is 17.1 Å². The summed E-state index contributed by atoms with van der Waals surface area (Å²) in [5.74, 6) is 0. The minimum atomic E-state index is 1.09. The molecule has 2 aromatic heterocycles. The molecule has 0 atom stereocenters. The molecule has 3 heteroatoms. The molecule has 0 radical (unpaired) electrons. The smallest absolute Gasteiger partial charge is 0.0541 e. The van der Waals surface area contributed by atoms with Crippen LogP contribution < -0.4 is 4.90 Å². The first kappa shape index (κ1) is 45.9. The average molecular weight is 1010 g/mol. The van der Waals surface area contributed by atoms with Gasteiger partial charge >= 0.3 is 0 Å². The Morgan fingerprint density at radius 2 is 0.557 bits per heavy atom. The molecule has 0 saturated heterocycles. The first-order valence-electron chi connectivity index (χ1n) is 27.1. The molecular formula is C76H51N3. The molecule has 0 amide bonds. The summed E-state index contributed by atoms with van der Waals surface area (Å²) in [5.41, 5.74) is 22.1. The highest BCUT2D eigenvalue weighted by molar-refractivity contribution is 6.12. The number of para-hydroxylation sites is 3. The third-order valence-electron chi connectivity index (χ3n) is 15.9. The van der Waals surface area contributed by atoms with Crippen LogP contribution in [-0.2, 0) is 0 Å². The van der Waals surface area contributed by atoms with Crippen molar-refractivity contribution in [1.29, 1.82) is 0 Å². The molecule has 0 saturated carbocycles. The quantitative estimate of drug-likeness (QED) is 0.133. The first-order valence-corrected chi connectivity index (χ1v) is 27.1. The van der Waals surface area contributed by atoms with E-state index in [1.54, 1.807) is 0 Å². The normalized spacial score (nSPS) is 11.5. The summed E-state index contributed by atoms with van der Waals surface area (Å²) in [7, 11) is 0. The van der Waals surface area contributed by atoms with Crippen molar-refractivity contribution in [3.63, 3.8) is 0 Å². The number of nitrogens with zero attached hydrogens (tertiary/aromatic N) is 3. The summed E-state index contributed by atoms with van der Waals surface area (Å²) in [6.45, 7) is 0. The molecule has 0 aliphatic heterocycles. The number of hydrogen-bond donors (Lipinski definition) is 0. The molecule has 15 rings (SSSR count). The Balaban J connectivity index is 0.877. The van der Waals surface area contributed by atoms with Gasteiger partial charge in [0.15, 0.2) is 0 Å². The average Bonchev–Trinajstić information content (AvgIpc) is 4.20. The van der Waals surface area contributed by atoms with E-state index in [9.17, 15) is 0 Å². The van der Waals surface area contributed by atoms with Gasteiger partial charge in [0.25, 0.3) is 0 Å². The van der Waals surface area contributed by atoms with Crippen LogP contribution in [0.1, 0.15) is 0 Å². The van der Waals surface area contributed by atoms with Crippen LogP contribution in [0.2, 0.25) is 0 Å². The lowest BCUT2D eigenvalue weighted by molar-refractivity contribution is 1.18. The van der Waals surface area contributed by atoms with E-state index >= 15 is 0 Å². The van der Waals surface area contributed by atoms with Crippen LogP contribution in [0.15, 0.2) is 309 Å². The number of hydrogen-bond acceptors (Lipinski definition) is 1. The zero-order chi connectivity index (χ0) is 52.2. The largest absolute Gasteiger partial charge is 0.310 e. The van der Waals surface area contributed by atoms with Crippen molar-refractivity contribution in [3.05, 3.63) is 309 Å². The third-order valence-corrected chi connectivity index (χ3v) is 15.9. The molecule has 0 N–H and O–H groups in total. The predicted molar refractivity (Wildman–Crippen MR) is 334 cm³/mol. The lowest BCUT2D eigenvalue weighted by Crippen LogP contribution is -2.10. The van der Waals surface area contributed by atoms with Crippen molar-refractivity contribution < 1.29 is 0 Å². The van der Waals surface area contributed by atoms with Crippen LogP contribution in [0.5, 0.6) is 0 Å². The van der Waals surface area contributed by atoms with E-state index in [1.165, 1.54) is 76.6 Å². The zero-order valence-corrected chi connectivity index (χ0v) is 43.3. The van der Waals surface area contributed by atoms with Gasteiger partial charge in [0, 0.05) is 49.7 Å². The number of anilines is 3. The molecule has 0 aliphatic carbocycles. The summed E-state index contributed by atoms with van der Waals surface area (Å²) < 4.78 is 4.82. The number of aromatic nitrogens is 2. The Kier molecular flexibility index (Phi) is 11.2. The highest BCUT2D eigenvalue weighted by Crippen LogP contribution is 2.43. The van der Waals surface area contributed by atoms with Gasteiger partial charge in [-0.2, -0.15) is 0 Å². The fourth-order valence-electron chi connectivity index (χ4n) is 12.1. The monoisotopic (exact) mass is 1010 g/mol. The van der Waals surface area contributed by atoms with Crippen molar-refractivity contribution in [1.82, 2.24) is 9.13 Å². The summed E-state index contributed by atoms with van der Waals surface area (Å²) >= 11 is 0. The number of fused-ring (bicyclic) bond motifs is 7. The standard InChI is InChI=1S/C76H51N3/c1-4-17-52(18-5-1)54-31-41-65(42-32-54)78-73-28-14-12-26-68(73)70-50-58(37-45-75(70)78)61-47-60(56-35-39-64(40-36-56)77(63-23-8-3-9-24-63)72-30-16-22-57-21-10-11-25-67(57)72)48-62(49-61)59-38-46-76-71(51-59)69-27-13-15-29-74(69)79(76)66-43-33-55(34-44-66)53-19-6-2-7-20-53/h1-51H. The van der Waals surface area contributed by atoms with Gasteiger partial charge < -0.3 is 14.0 Å². The van der Waals surface area contributed by atoms with Gasteiger partial charge in [-0.15, -0.1) is 0 Å². The van der Waals surface area contributed by atoms with Gasteiger partial charge in [-0.3, -0.25) is 0 Å². The molecule has 2 heterocycles. The molecule has 0 aliphatic rings. The van der Waals surface area contributed by atoms with Crippen molar-refractivity contribution in [2.24, 2.45) is 0 Å². The van der Waals surface area contributed by atoms with Gasteiger partial charge in [-0.1, -0.05) is 200 Å². The predicted octanol–water partition coefficient (Wildman–Crippen LogP) is 20.8. The Labute approximate surface area is 459 Å². The second-order valence-corrected chi connectivity index (χ2v) is 20.5. The Morgan fingerprint density at radius 1 is 0.203 bits per heavy atom.